The minimum absolute atomic E-state index is 0.897. The molecule has 0 bridgehead atoms. The topological polar surface area (TPSA) is 17.8 Å². The Balaban J connectivity index is 1.82. The zero-order valence-corrected chi connectivity index (χ0v) is 10.0. The third-order valence-electron chi connectivity index (χ3n) is 2.92. The molecule has 0 aliphatic heterocycles. The van der Waals surface area contributed by atoms with Gasteiger partial charge in [-0.25, -0.2) is 0 Å². The highest BCUT2D eigenvalue weighted by molar-refractivity contribution is 5.57. The summed E-state index contributed by atoms with van der Waals surface area (Å²) >= 11 is 0. The van der Waals surface area contributed by atoms with Crippen LogP contribution in [0.4, 0.5) is 0 Å². The van der Waals surface area contributed by atoms with E-state index in [4.69, 9.17) is 0 Å². The van der Waals surface area contributed by atoms with Crippen LogP contribution in [-0.4, -0.2) is 9.55 Å². The summed E-state index contributed by atoms with van der Waals surface area (Å²) in [6.07, 6.45) is 6.05. The molecule has 88 valence electrons. The van der Waals surface area contributed by atoms with Crippen LogP contribution in [0.5, 0.6) is 0 Å². The van der Waals surface area contributed by atoms with Gasteiger partial charge in [-0.2, -0.15) is 0 Å². The molecule has 2 aromatic heterocycles. The van der Waals surface area contributed by atoms with Crippen molar-refractivity contribution in [3.63, 3.8) is 0 Å². The van der Waals surface area contributed by atoms with Crippen LogP contribution in [0.3, 0.4) is 0 Å². The van der Waals surface area contributed by atoms with E-state index in [1.54, 1.807) is 0 Å². The van der Waals surface area contributed by atoms with Crippen molar-refractivity contribution in [2.45, 2.75) is 6.54 Å². The van der Waals surface area contributed by atoms with Gasteiger partial charge in [0.2, 0.25) is 0 Å². The number of aromatic nitrogens is 2. The Morgan fingerprint density at radius 1 is 0.889 bits per heavy atom. The van der Waals surface area contributed by atoms with Crippen molar-refractivity contribution in [1.82, 2.24) is 9.55 Å². The molecule has 0 fully saturated rings. The number of nitrogens with zero attached hydrogens (tertiary/aromatic N) is 2. The van der Waals surface area contributed by atoms with Gasteiger partial charge in [0.05, 0.1) is 5.69 Å². The second kappa shape index (κ2) is 4.88. The molecule has 2 heterocycles. The van der Waals surface area contributed by atoms with Crippen molar-refractivity contribution in [1.29, 1.82) is 0 Å². The zero-order chi connectivity index (χ0) is 12.2. The first-order valence-corrected chi connectivity index (χ1v) is 6.03. The molecule has 1 aromatic carbocycles. The SMILES string of the molecule is c1ccc(Cn2ccc(-c3ccccn3)c2)cc1. The Bertz CT molecular complexity index is 612. The first-order chi connectivity index (χ1) is 8.92. The van der Waals surface area contributed by atoms with Crippen molar-refractivity contribution >= 4 is 0 Å². The Kier molecular flexibility index (Phi) is 2.92. The molecule has 3 rings (SSSR count). The Morgan fingerprint density at radius 2 is 1.72 bits per heavy atom. The van der Waals surface area contributed by atoms with E-state index < -0.39 is 0 Å². The van der Waals surface area contributed by atoms with Gasteiger partial charge in [0.1, 0.15) is 0 Å². The fraction of sp³-hybridized carbons (Fsp3) is 0.0625. The second-order valence-corrected chi connectivity index (χ2v) is 4.27. The van der Waals surface area contributed by atoms with E-state index in [9.17, 15) is 0 Å². The Labute approximate surface area is 107 Å². The van der Waals surface area contributed by atoms with E-state index in [1.807, 2.05) is 30.5 Å². The Morgan fingerprint density at radius 3 is 2.50 bits per heavy atom. The largest absolute Gasteiger partial charge is 0.349 e. The molecular weight excluding hydrogens is 220 g/mol. The quantitative estimate of drug-likeness (QED) is 0.677. The van der Waals surface area contributed by atoms with Crippen LogP contribution < -0.4 is 0 Å². The van der Waals surface area contributed by atoms with Crippen molar-refractivity contribution < 1.29 is 0 Å². The predicted molar refractivity (Wildman–Crippen MR) is 73.2 cm³/mol. The lowest BCUT2D eigenvalue weighted by Crippen LogP contribution is -1.95. The molecule has 0 spiro atoms. The number of rotatable bonds is 3. The summed E-state index contributed by atoms with van der Waals surface area (Å²) in [6.45, 7) is 0.897. The Hall–Kier alpha value is -2.35. The van der Waals surface area contributed by atoms with Crippen LogP contribution in [0, 0.1) is 0 Å². The zero-order valence-electron chi connectivity index (χ0n) is 10.0. The van der Waals surface area contributed by atoms with E-state index in [0.29, 0.717) is 0 Å². The maximum absolute atomic E-state index is 4.36. The van der Waals surface area contributed by atoms with Crippen LogP contribution >= 0.6 is 0 Å². The summed E-state index contributed by atoms with van der Waals surface area (Å²) in [5.74, 6) is 0. The summed E-state index contributed by atoms with van der Waals surface area (Å²) < 4.78 is 2.18. The van der Waals surface area contributed by atoms with E-state index in [2.05, 4.69) is 52.3 Å². The molecule has 0 saturated heterocycles. The van der Waals surface area contributed by atoms with Gasteiger partial charge in [0, 0.05) is 30.7 Å². The molecule has 0 aliphatic rings. The van der Waals surface area contributed by atoms with E-state index in [-0.39, 0.29) is 0 Å². The highest BCUT2D eigenvalue weighted by Gasteiger charge is 2.01. The lowest BCUT2D eigenvalue weighted by molar-refractivity contribution is 0.806. The number of hydrogen-bond donors (Lipinski definition) is 0. The molecule has 2 heteroatoms. The average Bonchev–Trinajstić information content (AvgIpc) is 2.89. The van der Waals surface area contributed by atoms with Gasteiger partial charge in [0.25, 0.3) is 0 Å². The van der Waals surface area contributed by atoms with Crippen molar-refractivity contribution in [3.8, 4) is 11.3 Å². The van der Waals surface area contributed by atoms with Crippen LogP contribution in [0.2, 0.25) is 0 Å². The van der Waals surface area contributed by atoms with Crippen molar-refractivity contribution in [2.24, 2.45) is 0 Å². The average molecular weight is 234 g/mol. The molecule has 0 radical (unpaired) electrons. The minimum Gasteiger partial charge on any atom is -0.349 e. The van der Waals surface area contributed by atoms with E-state index in [0.717, 1.165) is 17.8 Å². The smallest absolute Gasteiger partial charge is 0.0717 e. The summed E-state index contributed by atoms with van der Waals surface area (Å²) in [4.78, 5) is 4.36. The van der Waals surface area contributed by atoms with Crippen molar-refractivity contribution in [3.05, 3.63) is 78.8 Å². The van der Waals surface area contributed by atoms with Crippen LogP contribution in [0.1, 0.15) is 5.56 Å². The fourth-order valence-electron chi connectivity index (χ4n) is 2.02. The van der Waals surface area contributed by atoms with Crippen LogP contribution in [0.25, 0.3) is 11.3 Å². The maximum Gasteiger partial charge on any atom is 0.0717 e. The number of pyridine rings is 1. The third kappa shape index (κ3) is 2.33. The molecule has 3 aromatic rings. The lowest BCUT2D eigenvalue weighted by Gasteiger charge is -2.02. The third-order valence-corrected chi connectivity index (χ3v) is 2.92. The number of benzene rings is 1. The first kappa shape index (κ1) is 10.8. The maximum atomic E-state index is 4.36. The fourth-order valence-corrected chi connectivity index (χ4v) is 2.02. The number of hydrogen-bond acceptors (Lipinski definition) is 1. The molecule has 0 N–H and O–H groups in total. The highest BCUT2D eigenvalue weighted by Crippen LogP contribution is 2.17. The van der Waals surface area contributed by atoms with Gasteiger partial charge < -0.3 is 4.57 Å². The standard InChI is InChI=1S/C16H14N2/c1-2-6-14(7-3-1)12-18-11-9-15(13-18)16-8-4-5-10-17-16/h1-11,13H,12H2. The van der Waals surface area contributed by atoms with Crippen molar-refractivity contribution in [2.75, 3.05) is 0 Å². The molecule has 0 unspecified atom stereocenters. The van der Waals surface area contributed by atoms with Gasteiger partial charge in [-0.1, -0.05) is 36.4 Å². The van der Waals surface area contributed by atoms with Gasteiger partial charge in [-0.05, 0) is 23.8 Å². The normalized spacial score (nSPS) is 10.4. The predicted octanol–water partition coefficient (Wildman–Crippen LogP) is 3.60. The molecule has 2 nitrogen and oxygen atoms in total. The summed E-state index contributed by atoms with van der Waals surface area (Å²) in [6, 6.07) is 18.5. The van der Waals surface area contributed by atoms with Gasteiger partial charge in [-0.15, -0.1) is 0 Å². The van der Waals surface area contributed by atoms with Crippen LogP contribution in [0.15, 0.2) is 73.2 Å². The molecular formula is C16H14N2. The van der Waals surface area contributed by atoms with Crippen LogP contribution in [-0.2, 0) is 6.54 Å². The monoisotopic (exact) mass is 234 g/mol. The summed E-state index contributed by atoms with van der Waals surface area (Å²) in [5.41, 5.74) is 3.48. The van der Waals surface area contributed by atoms with E-state index >= 15 is 0 Å². The first-order valence-electron chi connectivity index (χ1n) is 6.03. The molecule has 0 atom stereocenters. The van der Waals surface area contributed by atoms with Gasteiger partial charge >= 0.3 is 0 Å². The minimum atomic E-state index is 0.897. The van der Waals surface area contributed by atoms with Gasteiger partial charge in [0.15, 0.2) is 0 Å². The summed E-state index contributed by atoms with van der Waals surface area (Å²) in [7, 11) is 0. The molecule has 18 heavy (non-hydrogen) atoms. The molecule has 0 aliphatic carbocycles. The van der Waals surface area contributed by atoms with E-state index in [1.165, 1.54) is 5.56 Å². The summed E-state index contributed by atoms with van der Waals surface area (Å²) in [5, 5.41) is 0. The van der Waals surface area contributed by atoms with Gasteiger partial charge in [-0.3, -0.25) is 4.98 Å². The molecule has 0 saturated carbocycles. The highest BCUT2D eigenvalue weighted by atomic mass is 14.9. The lowest BCUT2D eigenvalue weighted by atomic mass is 10.2. The molecule has 0 amide bonds. The second-order valence-electron chi connectivity index (χ2n) is 4.27.